The Labute approximate surface area is 138 Å². The van der Waals surface area contributed by atoms with Crippen LogP contribution in [-0.2, 0) is 11.3 Å². The monoisotopic (exact) mass is 325 g/mol. The Balaban J connectivity index is 1.68. The van der Waals surface area contributed by atoms with Gasteiger partial charge in [0, 0.05) is 17.8 Å². The van der Waals surface area contributed by atoms with Crippen molar-refractivity contribution in [3.8, 4) is 17.0 Å². The maximum absolute atomic E-state index is 11.9. The quantitative estimate of drug-likeness (QED) is 0.666. The summed E-state index contributed by atoms with van der Waals surface area (Å²) >= 11 is 0. The van der Waals surface area contributed by atoms with E-state index in [4.69, 9.17) is 14.0 Å². The molecule has 0 fully saturated rings. The molecule has 2 aromatic heterocycles. The number of benzene rings is 1. The van der Waals surface area contributed by atoms with Gasteiger partial charge in [-0.2, -0.15) is 0 Å². The second kappa shape index (κ2) is 6.91. The van der Waals surface area contributed by atoms with E-state index in [1.165, 1.54) is 12.4 Å². The molecule has 0 radical (unpaired) electrons. The van der Waals surface area contributed by atoms with Gasteiger partial charge in [0.25, 0.3) is 0 Å². The van der Waals surface area contributed by atoms with Gasteiger partial charge in [0.2, 0.25) is 0 Å². The molecule has 1 aromatic carbocycles. The van der Waals surface area contributed by atoms with E-state index in [2.05, 4.69) is 15.1 Å². The summed E-state index contributed by atoms with van der Waals surface area (Å²) in [7, 11) is 1.59. The lowest BCUT2D eigenvalue weighted by atomic mass is 10.1. The molecule has 0 N–H and O–H groups in total. The molecule has 0 amide bonds. The van der Waals surface area contributed by atoms with Crippen molar-refractivity contribution in [3.05, 3.63) is 59.9 Å². The molecule has 0 atom stereocenters. The maximum Gasteiger partial charge on any atom is 0.358 e. The molecule has 122 valence electrons. The van der Waals surface area contributed by atoms with Crippen molar-refractivity contribution in [3.63, 3.8) is 0 Å². The van der Waals surface area contributed by atoms with Crippen LogP contribution in [0.15, 0.2) is 47.2 Å². The average molecular weight is 325 g/mol. The Kier molecular flexibility index (Phi) is 4.51. The van der Waals surface area contributed by atoms with Gasteiger partial charge in [-0.3, -0.25) is 4.98 Å². The molecule has 0 spiro atoms. The minimum atomic E-state index is -0.572. The molecular formula is C17H15N3O4. The van der Waals surface area contributed by atoms with E-state index in [0.29, 0.717) is 17.2 Å². The van der Waals surface area contributed by atoms with Gasteiger partial charge >= 0.3 is 5.97 Å². The van der Waals surface area contributed by atoms with Crippen molar-refractivity contribution in [2.45, 2.75) is 13.5 Å². The van der Waals surface area contributed by atoms with Crippen molar-refractivity contribution in [1.82, 2.24) is 15.1 Å². The number of rotatable bonds is 5. The molecule has 0 saturated heterocycles. The molecule has 0 bridgehead atoms. The van der Waals surface area contributed by atoms with Crippen molar-refractivity contribution in [2.75, 3.05) is 7.11 Å². The molecule has 0 saturated carbocycles. The molecule has 0 aliphatic heterocycles. The zero-order chi connectivity index (χ0) is 16.9. The number of para-hydroxylation sites is 1. The van der Waals surface area contributed by atoms with E-state index in [9.17, 15) is 4.79 Å². The molecule has 0 aliphatic rings. The molecule has 2 heterocycles. The van der Waals surface area contributed by atoms with E-state index in [-0.39, 0.29) is 12.3 Å². The fourth-order valence-electron chi connectivity index (χ4n) is 2.07. The molecule has 0 aliphatic carbocycles. The zero-order valence-corrected chi connectivity index (χ0v) is 13.2. The second-order valence-electron chi connectivity index (χ2n) is 5.00. The summed E-state index contributed by atoms with van der Waals surface area (Å²) in [6, 6.07) is 9.15. The highest BCUT2D eigenvalue weighted by molar-refractivity contribution is 5.86. The molecule has 7 nitrogen and oxygen atoms in total. The SMILES string of the molecule is COc1ccccc1-c1cc(COC(=O)c2cnc(C)cn2)on1. The van der Waals surface area contributed by atoms with Crippen LogP contribution in [0, 0.1) is 6.92 Å². The predicted octanol–water partition coefficient (Wildman–Crippen LogP) is 2.81. The normalized spacial score (nSPS) is 10.4. The van der Waals surface area contributed by atoms with Crippen LogP contribution in [0.5, 0.6) is 5.75 Å². The number of carbonyl (C=O) groups is 1. The van der Waals surface area contributed by atoms with Crippen LogP contribution < -0.4 is 4.74 Å². The van der Waals surface area contributed by atoms with Gasteiger partial charge in [0.15, 0.2) is 18.1 Å². The summed E-state index contributed by atoms with van der Waals surface area (Å²) in [5.74, 6) is 0.534. The first-order chi connectivity index (χ1) is 11.7. The first-order valence-corrected chi connectivity index (χ1v) is 7.22. The summed E-state index contributed by atoms with van der Waals surface area (Å²) in [6.45, 7) is 1.74. The number of esters is 1. The van der Waals surface area contributed by atoms with E-state index in [1.807, 2.05) is 24.3 Å². The number of hydrogen-bond donors (Lipinski definition) is 0. The van der Waals surface area contributed by atoms with Crippen molar-refractivity contribution in [1.29, 1.82) is 0 Å². The highest BCUT2D eigenvalue weighted by Gasteiger charge is 2.14. The van der Waals surface area contributed by atoms with Gasteiger partial charge in [-0.15, -0.1) is 0 Å². The van der Waals surface area contributed by atoms with E-state index >= 15 is 0 Å². The summed E-state index contributed by atoms with van der Waals surface area (Å²) in [5.41, 5.74) is 2.27. The Morgan fingerprint density at radius 3 is 2.79 bits per heavy atom. The third-order valence-corrected chi connectivity index (χ3v) is 3.28. The van der Waals surface area contributed by atoms with E-state index < -0.39 is 5.97 Å². The van der Waals surface area contributed by atoms with Gasteiger partial charge < -0.3 is 14.0 Å². The Morgan fingerprint density at radius 1 is 1.21 bits per heavy atom. The fourth-order valence-corrected chi connectivity index (χ4v) is 2.07. The minimum absolute atomic E-state index is 0.0451. The van der Waals surface area contributed by atoms with E-state index in [1.54, 1.807) is 20.1 Å². The molecular weight excluding hydrogens is 310 g/mol. The van der Waals surface area contributed by atoms with Crippen molar-refractivity contribution < 1.29 is 18.8 Å². The largest absolute Gasteiger partial charge is 0.496 e. The average Bonchev–Trinajstić information content (AvgIpc) is 3.09. The molecule has 7 heteroatoms. The Hall–Kier alpha value is -3.22. The lowest BCUT2D eigenvalue weighted by molar-refractivity contribution is 0.0430. The third kappa shape index (κ3) is 3.40. The number of carbonyl (C=O) groups excluding carboxylic acids is 1. The number of aryl methyl sites for hydroxylation is 1. The van der Waals surface area contributed by atoms with Crippen LogP contribution in [0.3, 0.4) is 0 Å². The maximum atomic E-state index is 11.9. The summed E-state index contributed by atoms with van der Waals surface area (Å²) in [4.78, 5) is 19.9. The van der Waals surface area contributed by atoms with Crippen LogP contribution in [0.25, 0.3) is 11.3 Å². The van der Waals surface area contributed by atoms with E-state index in [0.717, 1.165) is 11.3 Å². The third-order valence-electron chi connectivity index (χ3n) is 3.28. The lowest BCUT2D eigenvalue weighted by Gasteiger charge is -2.03. The minimum Gasteiger partial charge on any atom is -0.496 e. The standard InChI is InChI=1S/C17H15N3O4/c1-11-8-19-15(9-18-11)17(21)23-10-12-7-14(20-24-12)13-5-3-4-6-16(13)22-2/h3-9H,10H2,1-2H3. The van der Waals surface area contributed by atoms with Crippen molar-refractivity contribution in [2.24, 2.45) is 0 Å². The van der Waals surface area contributed by atoms with Crippen LogP contribution in [-0.4, -0.2) is 28.2 Å². The fraction of sp³-hybridized carbons (Fsp3) is 0.176. The molecule has 3 rings (SSSR count). The van der Waals surface area contributed by atoms with Crippen LogP contribution >= 0.6 is 0 Å². The smallest absolute Gasteiger partial charge is 0.358 e. The number of aromatic nitrogens is 3. The molecule has 3 aromatic rings. The summed E-state index contributed by atoms with van der Waals surface area (Å²) in [6.07, 6.45) is 2.88. The van der Waals surface area contributed by atoms with Crippen LogP contribution in [0.4, 0.5) is 0 Å². The number of ether oxygens (including phenoxy) is 2. The number of hydrogen-bond acceptors (Lipinski definition) is 7. The van der Waals surface area contributed by atoms with Gasteiger partial charge in [0.05, 0.1) is 19.0 Å². The summed E-state index contributed by atoms with van der Waals surface area (Å²) < 4.78 is 15.7. The highest BCUT2D eigenvalue weighted by Crippen LogP contribution is 2.29. The highest BCUT2D eigenvalue weighted by atomic mass is 16.5. The Bertz CT molecular complexity index is 843. The van der Waals surface area contributed by atoms with Gasteiger partial charge in [-0.1, -0.05) is 17.3 Å². The first kappa shape index (κ1) is 15.7. The predicted molar refractivity (Wildman–Crippen MR) is 84.4 cm³/mol. The van der Waals surface area contributed by atoms with Gasteiger partial charge in [-0.05, 0) is 19.1 Å². The molecule has 24 heavy (non-hydrogen) atoms. The Morgan fingerprint density at radius 2 is 2.04 bits per heavy atom. The van der Waals surface area contributed by atoms with Gasteiger partial charge in [0.1, 0.15) is 11.4 Å². The number of methoxy groups -OCH3 is 1. The second-order valence-corrected chi connectivity index (χ2v) is 5.00. The topological polar surface area (TPSA) is 87.3 Å². The van der Waals surface area contributed by atoms with Crippen LogP contribution in [0.1, 0.15) is 21.9 Å². The van der Waals surface area contributed by atoms with Gasteiger partial charge in [-0.25, -0.2) is 9.78 Å². The number of nitrogens with zero attached hydrogens (tertiary/aromatic N) is 3. The first-order valence-electron chi connectivity index (χ1n) is 7.22. The lowest BCUT2D eigenvalue weighted by Crippen LogP contribution is -2.07. The zero-order valence-electron chi connectivity index (χ0n) is 13.2. The van der Waals surface area contributed by atoms with Crippen LogP contribution in [0.2, 0.25) is 0 Å². The molecule has 0 unspecified atom stereocenters. The summed E-state index contributed by atoms with van der Waals surface area (Å²) in [5, 5.41) is 3.98. The van der Waals surface area contributed by atoms with Crippen molar-refractivity contribution >= 4 is 5.97 Å².